The van der Waals surface area contributed by atoms with Gasteiger partial charge in [0.1, 0.15) is 12.5 Å². The van der Waals surface area contributed by atoms with Crippen LogP contribution in [0.2, 0.25) is 5.02 Å². The number of hydrogen-bond donors (Lipinski definition) is 2. The Hall–Kier alpha value is -0.930. The average molecular weight is 187 g/mol. The summed E-state index contributed by atoms with van der Waals surface area (Å²) in [4.78, 5) is 0. The van der Waals surface area contributed by atoms with Crippen LogP contribution >= 0.6 is 11.6 Å². The third-order valence-electron chi connectivity index (χ3n) is 1.33. The van der Waals surface area contributed by atoms with Crippen molar-refractivity contribution in [2.75, 3.05) is 19.5 Å². The minimum absolute atomic E-state index is 0.434. The fourth-order valence-corrected chi connectivity index (χ4v) is 1.03. The number of rotatable bonds is 3. The van der Waals surface area contributed by atoms with Crippen LogP contribution in [0, 0.1) is 0 Å². The predicted octanol–water partition coefficient (Wildman–Crippen LogP) is 1.48. The van der Waals surface area contributed by atoms with Crippen molar-refractivity contribution in [2.45, 2.75) is 0 Å². The Labute approximate surface area is 76.5 Å². The zero-order valence-electron chi connectivity index (χ0n) is 6.80. The third kappa shape index (κ3) is 2.29. The van der Waals surface area contributed by atoms with E-state index >= 15 is 0 Å². The first-order valence-corrected chi connectivity index (χ1v) is 3.94. The SMILES string of the molecule is CNCOc1ccc(N)cc1Cl. The lowest BCUT2D eigenvalue weighted by atomic mass is 10.3. The van der Waals surface area contributed by atoms with Crippen molar-refractivity contribution in [1.29, 1.82) is 0 Å². The Bertz CT molecular complexity index is 265. The van der Waals surface area contributed by atoms with Crippen molar-refractivity contribution in [3.05, 3.63) is 23.2 Å². The number of halogens is 1. The van der Waals surface area contributed by atoms with Gasteiger partial charge in [-0.05, 0) is 25.2 Å². The summed E-state index contributed by atoms with van der Waals surface area (Å²) in [6, 6.07) is 5.15. The van der Waals surface area contributed by atoms with Crippen LogP contribution in [0.4, 0.5) is 5.69 Å². The van der Waals surface area contributed by atoms with E-state index in [1.165, 1.54) is 0 Å². The molecule has 1 aromatic rings. The first-order chi connectivity index (χ1) is 5.74. The monoisotopic (exact) mass is 186 g/mol. The second-order valence-corrected chi connectivity index (χ2v) is 2.74. The normalized spacial score (nSPS) is 9.83. The Morgan fingerprint density at radius 3 is 2.92 bits per heavy atom. The number of ether oxygens (including phenoxy) is 1. The highest BCUT2D eigenvalue weighted by Crippen LogP contribution is 2.25. The van der Waals surface area contributed by atoms with Gasteiger partial charge in [0.25, 0.3) is 0 Å². The lowest BCUT2D eigenvalue weighted by Crippen LogP contribution is -2.14. The highest BCUT2D eigenvalue weighted by Gasteiger charge is 1.99. The number of nitrogens with one attached hydrogen (secondary N) is 1. The number of nitrogens with two attached hydrogens (primary N) is 1. The van der Waals surface area contributed by atoms with Crippen molar-refractivity contribution in [1.82, 2.24) is 5.32 Å². The Morgan fingerprint density at radius 1 is 1.58 bits per heavy atom. The maximum Gasteiger partial charge on any atom is 0.140 e. The summed E-state index contributed by atoms with van der Waals surface area (Å²) in [5, 5.41) is 3.38. The fraction of sp³-hybridized carbons (Fsp3) is 0.250. The van der Waals surface area contributed by atoms with Crippen LogP contribution in [0.25, 0.3) is 0 Å². The number of benzene rings is 1. The van der Waals surface area contributed by atoms with Crippen LogP contribution in [-0.2, 0) is 0 Å². The molecule has 1 aromatic carbocycles. The van der Waals surface area contributed by atoms with Crippen molar-refractivity contribution >= 4 is 17.3 Å². The molecule has 0 spiro atoms. The van der Waals surface area contributed by atoms with Gasteiger partial charge in [-0.15, -0.1) is 0 Å². The number of anilines is 1. The molecule has 0 heterocycles. The van der Waals surface area contributed by atoms with E-state index in [1.54, 1.807) is 25.2 Å². The molecule has 0 fully saturated rings. The molecule has 66 valence electrons. The molecule has 0 bridgehead atoms. The van der Waals surface area contributed by atoms with Crippen LogP contribution in [-0.4, -0.2) is 13.8 Å². The zero-order valence-corrected chi connectivity index (χ0v) is 7.56. The van der Waals surface area contributed by atoms with E-state index < -0.39 is 0 Å². The second kappa shape index (κ2) is 4.18. The molecule has 0 radical (unpaired) electrons. The topological polar surface area (TPSA) is 47.3 Å². The highest BCUT2D eigenvalue weighted by atomic mass is 35.5. The molecule has 1 rings (SSSR count). The summed E-state index contributed by atoms with van der Waals surface area (Å²) in [7, 11) is 1.80. The maximum absolute atomic E-state index is 5.83. The molecule has 3 nitrogen and oxygen atoms in total. The fourth-order valence-electron chi connectivity index (χ4n) is 0.784. The lowest BCUT2D eigenvalue weighted by molar-refractivity contribution is 0.296. The van der Waals surface area contributed by atoms with E-state index in [2.05, 4.69) is 5.32 Å². The van der Waals surface area contributed by atoms with Crippen molar-refractivity contribution < 1.29 is 4.74 Å². The van der Waals surface area contributed by atoms with E-state index in [4.69, 9.17) is 22.1 Å². The molecular weight excluding hydrogens is 176 g/mol. The molecule has 0 atom stereocenters. The summed E-state index contributed by atoms with van der Waals surface area (Å²) < 4.78 is 5.24. The molecule has 0 aliphatic heterocycles. The molecule has 0 aliphatic rings. The van der Waals surface area contributed by atoms with Gasteiger partial charge >= 0.3 is 0 Å². The number of hydrogen-bond acceptors (Lipinski definition) is 3. The molecule has 3 N–H and O–H groups in total. The standard InChI is InChI=1S/C8H11ClN2O/c1-11-5-12-8-3-2-6(10)4-7(8)9/h2-4,11H,5,10H2,1H3. The van der Waals surface area contributed by atoms with Crippen LogP contribution in [0.15, 0.2) is 18.2 Å². The zero-order chi connectivity index (χ0) is 8.97. The largest absolute Gasteiger partial charge is 0.477 e. The quantitative estimate of drug-likeness (QED) is 0.555. The van der Waals surface area contributed by atoms with Gasteiger partial charge in [0.15, 0.2) is 0 Å². The maximum atomic E-state index is 5.83. The third-order valence-corrected chi connectivity index (χ3v) is 1.62. The molecule has 0 unspecified atom stereocenters. The first kappa shape index (κ1) is 9.16. The van der Waals surface area contributed by atoms with E-state index in [0.717, 1.165) is 0 Å². The first-order valence-electron chi connectivity index (χ1n) is 3.56. The summed E-state index contributed by atoms with van der Waals surface area (Å²) in [5.41, 5.74) is 6.14. The molecular formula is C8H11ClN2O. The average Bonchev–Trinajstić information content (AvgIpc) is 2.03. The van der Waals surface area contributed by atoms with E-state index in [9.17, 15) is 0 Å². The Morgan fingerprint density at radius 2 is 2.33 bits per heavy atom. The van der Waals surface area contributed by atoms with Crippen LogP contribution in [0.1, 0.15) is 0 Å². The van der Waals surface area contributed by atoms with Gasteiger partial charge in [-0.25, -0.2) is 0 Å². The van der Waals surface area contributed by atoms with Gasteiger partial charge < -0.3 is 10.5 Å². The highest BCUT2D eigenvalue weighted by molar-refractivity contribution is 6.32. The summed E-state index contributed by atoms with van der Waals surface area (Å²) in [6.45, 7) is 0.434. The summed E-state index contributed by atoms with van der Waals surface area (Å²) >= 11 is 5.83. The van der Waals surface area contributed by atoms with Crippen LogP contribution in [0.3, 0.4) is 0 Å². The lowest BCUT2D eigenvalue weighted by Gasteiger charge is -2.06. The van der Waals surface area contributed by atoms with Crippen molar-refractivity contribution in [3.8, 4) is 5.75 Å². The Balaban J connectivity index is 2.72. The van der Waals surface area contributed by atoms with E-state index in [0.29, 0.717) is 23.2 Å². The van der Waals surface area contributed by atoms with Crippen molar-refractivity contribution in [2.24, 2.45) is 0 Å². The van der Waals surface area contributed by atoms with Crippen LogP contribution < -0.4 is 15.8 Å². The van der Waals surface area contributed by atoms with Crippen LogP contribution in [0.5, 0.6) is 5.75 Å². The molecule has 4 heteroatoms. The van der Waals surface area contributed by atoms with E-state index in [-0.39, 0.29) is 0 Å². The van der Waals surface area contributed by atoms with Crippen molar-refractivity contribution in [3.63, 3.8) is 0 Å². The summed E-state index contributed by atoms with van der Waals surface area (Å²) in [6.07, 6.45) is 0. The molecule has 0 aromatic heterocycles. The van der Waals surface area contributed by atoms with Gasteiger partial charge in [-0.3, -0.25) is 5.32 Å². The number of nitrogen functional groups attached to an aromatic ring is 1. The minimum atomic E-state index is 0.434. The van der Waals surface area contributed by atoms with Gasteiger partial charge in [0.2, 0.25) is 0 Å². The molecule has 0 amide bonds. The predicted molar refractivity (Wildman–Crippen MR) is 50.4 cm³/mol. The Kier molecular flexibility index (Phi) is 3.19. The van der Waals surface area contributed by atoms with Gasteiger partial charge in [0.05, 0.1) is 5.02 Å². The van der Waals surface area contributed by atoms with E-state index in [1.807, 2.05) is 0 Å². The molecule has 0 saturated heterocycles. The molecule has 0 aliphatic carbocycles. The smallest absolute Gasteiger partial charge is 0.140 e. The van der Waals surface area contributed by atoms with Gasteiger partial charge in [-0.1, -0.05) is 11.6 Å². The second-order valence-electron chi connectivity index (χ2n) is 2.33. The van der Waals surface area contributed by atoms with Gasteiger partial charge in [0, 0.05) is 5.69 Å². The summed E-state index contributed by atoms with van der Waals surface area (Å²) in [5.74, 6) is 0.639. The minimum Gasteiger partial charge on any atom is -0.477 e. The molecule has 12 heavy (non-hydrogen) atoms. The molecule has 0 saturated carbocycles. The van der Waals surface area contributed by atoms with Gasteiger partial charge in [-0.2, -0.15) is 0 Å².